The second kappa shape index (κ2) is 16.1. The van der Waals surface area contributed by atoms with E-state index in [2.05, 4.69) is 25.8 Å². The van der Waals surface area contributed by atoms with Crippen molar-refractivity contribution in [3.63, 3.8) is 0 Å². The average Bonchev–Trinajstić information content (AvgIpc) is 3.41. The zero-order chi connectivity index (χ0) is 32.3. The standard InChI is InChI=1S/C26H35N5O10S2/c1-13(2)19-22(36)40-15(8-6-7-9-42-24(38)14(3)31-41-23(37)21(34)35)10-17(32)27-11-18-28-16(12-43-18)20(33)30-26(4,5)25(39)29-19/h6,8,12-15,19,31H,7,9-11H2,1-5H3,(H,27,32)(H,29,39)(H,30,33)(H,34,35)/p+1. The summed E-state index contributed by atoms with van der Waals surface area (Å²) in [7, 11) is 0. The van der Waals surface area contributed by atoms with Crippen LogP contribution in [0.1, 0.15) is 63.0 Å². The molecule has 1 aromatic rings. The number of hydrogen-bond acceptors (Lipinski definition) is 12. The van der Waals surface area contributed by atoms with Crippen LogP contribution in [0.4, 0.5) is 0 Å². The number of quaternary nitrogens is 1. The van der Waals surface area contributed by atoms with Gasteiger partial charge in [0.1, 0.15) is 28.4 Å². The Morgan fingerprint density at radius 2 is 1.95 bits per heavy atom. The monoisotopic (exact) mass is 642 g/mol. The normalized spacial score (nSPS) is 20.5. The summed E-state index contributed by atoms with van der Waals surface area (Å²) in [5.41, 5.74) is -0.446. The summed E-state index contributed by atoms with van der Waals surface area (Å²) < 4.78 is 5.62. The predicted octanol–water partition coefficient (Wildman–Crippen LogP) is -0.575. The highest BCUT2D eigenvalue weighted by Crippen LogP contribution is 2.15. The van der Waals surface area contributed by atoms with Gasteiger partial charge in [-0.05, 0) is 39.2 Å². The van der Waals surface area contributed by atoms with Gasteiger partial charge in [-0.1, -0.05) is 31.7 Å². The molecule has 3 atom stereocenters. The number of esters is 1. The van der Waals surface area contributed by atoms with Crippen molar-refractivity contribution in [1.82, 2.24) is 20.9 Å². The fourth-order valence-corrected chi connectivity index (χ4v) is 4.89. The van der Waals surface area contributed by atoms with Gasteiger partial charge >= 0.3 is 17.9 Å². The summed E-state index contributed by atoms with van der Waals surface area (Å²) in [6.45, 7) is 7.89. The average molecular weight is 643 g/mol. The first-order chi connectivity index (χ1) is 20.1. The minimum absolute atomic E-state index is 0.0371. The van der Waals surface area contributed by atoms with Gasteiger partial charge in [0.25, 0.3) is 5.91 Å². The number of cyclic esters (lactones) is 1. The number of nitrogens with zero attached hydrogens (tertiary/aromatic N) is 1. The van der Waals surface area contributed by atoms with E-state index in [0.29, 0.717) is 17.2 Å². The Balaban J connectivity index is 2.12. The molecule has 6 N–H and O–H groups in total. The van der Waals surface area contributed by atoms with Crippen molar-refractivity contribution in [2.24, 2.45) is 5.92 Å². The number of nitrogens with one attached hydrogen (secondary N) is 3. The number of nitrogens with two attached hydrogens (primary N) is 1. The Morgan fingerprint density at radius 1 is 1.26 bits per heavy atom. The lowest BCUT2D eigenvalue weighted by atomic mass is 9.99. The molecule has 1 aliphatic heterocycles. The number of thiazole rings is 1. The highest BCUT2D eigenvalue weighted by atomic mass is 32.2. The number of amides is 3. The fraction of sp³-hybridized carbons (Fsp3) is 0.538. The van der Waals surface area contributed by atoms with Crippen molar-refractivity contribution in [1.29, 1.82) is 0 Å². The Bertz CT molecular complexity index is 1260. The van der Waals surface area contributed by atoms with Crippen molar-refractivity contribution in [3.8, 4) is 0 Å². The molecule has 2 rings (SSSR count). The Hall–Kier alpha value is -3.83. The number of fused-ring (bicyclic) bond motifs is 2. The summed E-state index contributed by atoms with van der Waals surface area (Å²) in [5.74, 6) is -5.78. The van der Waals surface area contributed by atoms with Gasteiger partial charge in [0.15, 0.2) is 6.04 Å². The maximum atomic E-state index is 13.2. The van der Waals surface area contributed by atoms with Gasteiger partial charge in [0.05, 0.1) is 13.0 Å². The summed E-state index contributed by atoms with van der Waals surface area (Å²) in [6.07, 6.45) is 2.26. The number of ether oxygens (including phenoxy) is 1. The molecule has 0 radical (unpaired) electrons. The molecule has 0 aromatic carbocycles. The van der Waals surface area contributed by atoms with E-state index in [1.807, 2.05) is 0 Å². The maximum absolute atomic E-state index is 13.2. The molecule has 17 heteroatoms. The zero-order valence-corrected chi connectivity index (χ0v) is 26.0. The number of carbonyl (C=O) groups excluding carboxylic acids is 6. The number of allylic oxidation sites excluding steroid dienone is 1. The van der Waals surface area contributed by atoms with Gasteiger partial charge in [-0.3, -0.25) is 24.0 Å². The molecular weight excluding hydrogens is 606 g/mol. The molecule has 43 heavy (non-hydrogen) atoms. The van der Waals surface area contributed by atoms with E-state index in [-0.39, 0.29) is 23.8 Å². The molecule has 0 aliphatic carbocycles. The van der Waals surface area contributed by atoms with Crippen molar-refractivity contribution in [2.75, 3.05) is 5.75 Å². The largest absolute Gasteiger partial charge is 0.473 e. The van der Waals surface area contributed by atoms with Gasteiger partial charge in [-0.25, -0.2) is 19.4 Å². The Kier molecular flexibility index (Phi) is 13.3. The summed E-state index contributed by atoms with van der Waals surface area (Å²) >= 11 is 2.09. The third-order valence-electron chi connectivity index (χ3n) is 5.88. The topological polar surface area (TPSA) is 224 Å². The van der Waals surface area contributed by atoms with E-state index in [1.165, 1.54) is 32.2 Å². The van der Waals surface area contributed by atoms with Crippen LogP contribution in [-0.2, 0) is 44.9 Å². The first-order valence-electron chi connectivity index (χ1n) is 13.3. The van der Waals surface area contributed by atoms with Crippen LogP contribution in [0, 0.1) is 5.92 Å². The van der Waals surface area contributed by atoms with Crippen LogP contribution in [0.15, 0.2) is 17.5 Å². The Labute approximate surface area is 255 Å². The van der Waals surface area contributed by atoms with Crippen LogP contribution in [-0.4, -0.2) is 80.3 Å². The quantitative estimate of drug-likeness (QED) is 0.0790. The molecular formula is C26H36N5O10S2+. The van der Waals surface area contributed by atoms with Crippen LogP contribution < -0.4 is 21.4 Å². The van der Waals surface area contributed by atoms with Crippen LogP contribution in [0.2, 0.25) is 0 Å². The van der Waals surface area contributed by atoms with Gasteiger partial charge in [-0.15, -0.1) is 16.8 Å². The molecule has 236 valence electrons. The highest BCUT2D eigenvalue weighted by molar-refractivity contribution is 8.13. The lowest BCUT2D eigenvalue weighted by Gasteiger charge is -2.29. The maximum Gasteiger partial charge on any atom is 0.473 e. The molecule has 0 fully saturated rings. The number of hydroxylamine groups is 1. The van der Waals surface area contributed by atoms with Gasteiger partial charge in [0.2, 0.25) is 16.9 Å². The molecule has 0 saturated heterocycles. The Morgan fingerprint density at radius 3 is 2.60 bits per heavy atom. The van der Waals surface area contributed by atoms with Gasteiger partial charge in [0, 0.05) is 11.1 Å². The number of carboxylic acids is 1. The van der Waals surface area contributed by atoms with Gasteiger partial charge in [-0.2, -0.15) is 0 Å². The number of carbonyl (C=O) groups is 7. The fourth-order valence-electron chi connectivity index (χ4n) is 3.40. The minimum Gasteiger partial charge on any atom is -0.473 e. The molecule has 1 aromatic heterocycles. The lowest BCUT2D eigenvalue weighted by Crippen LogP contribution is -2.90. The number of carboxylic acid groups (broad SMARTS) is 1. The zero-order valence-electron chi connectivity index (χ0n) is 24.3. The van der Waals surface area contributed by atoms with Crippen molar-refractivity contribution in [2.45, 2.75) is 77.7 Å². The smallest absolute Gasteiger partial charge is 0.473 e. The summed E-state index contributed by atoms with van der Waals surface area (Å²) in [5, 5.41) is 18.1. The van der Waals surface area contributed by atoms with E-state index < -0.39 is 65.3 Å². The number of aliphatic carboxylic acids is 1. The SMILES string of the molecule is CC([NH2+]OC(=O)C(=O)O)C(=O)SCCC=CC1CC(=O)NCc2nc(cs2)C(=O)NC(C)(C)C(=O)NC(C(C)C)C(=O)O1. The van der Waals surface area contributed by atoms with Crippen molar-refractivity contribution < 1.29 is 53.7 Å². The van der Waals surface area contributed by atoms with E-state index >= 15 is 0 Å². The summed E-state index contributed by atoms with van der Waals surface area (Å²) in [6, 6.07) is -1.92. The third kappa shape index (κ3) is 11.4. The second-order valence-electron chi connectivity index (χ2n) is 10.4. The number of thioether (sulfide) groups is 1. The van der Waals surface area contributed by atoms with Crippen LogP contribution in [0.5, 0.6) is 0 Å². The molecule has 2 bridgehead atoms. The molecule has 15 nitrogen and oxygen atoms in total. The lowest BCUT2D eigenvalue weighted by molar-refractivity contribution is -0.883. The van der Waals surface area contributed by atoms with Gasteiger partial charge < -0.3 is 25.8 Å². The molecule has 0 saturated carbocycles. The molecule has 0 spiro atoms. The minimum atomic E-state index is -1.77. The van der Waals surface area contributed by atoms with Crippen LogP contribution >= 0.6 is 23.1 Å². The van der Waals surface area contributed by atoms with E-state index in [0.717, 1.165) is 28.6 Å². The first kappa shape index (κ1) is 35.4. The number of aromatic nitrogens is 1. The van der Waals surface area contributed by atoms with E-state index in [9.17, 15) is 33.6 Å². The third-order valence-corrected chi connectivity index (χ3v) is 7.83. The van der Waals surface area contributed by atoms with Crippen molar-refractivity contribution in [3.05, 3.63) is 28.2 Å². The highest BCUT2D eigenvalue weighted by Gasteiger charge is 2.36. The number of hydrogen-bond donors (Lipinski definition) is 5. The van der Waals surface area contributed by atoms with Crippen LogP contribution in [0.25, 0.3) is 0 Å². The van der Waals surface area contributed by atoms with E-state index in [4.69, 9.17) is 9.84 Å². The first-order valence-corrected chi connectivity index (χ1v) is 15.1. The molecule has 2 heterocycles. The van der Waals surface area contributed by atoms with Crippen molar-refractivity contribution >= 4 is 63.8 Å². The number of rotatable bonds is 8. The second-order valence-corrected chi connectivity index (χ2v) is 12.4. The molecule has 1 aliphatic rings. The molecule has 3 amide bonds. The van der Waals surface area contributed by atoms with E-state index in [1.54, 1.807) is 19.9 Å². The van der Waals surface area contributed by atoms with Crippen LogP contribution in [0.3, 0.4) is 0 Å². The molecule has 3 unspecified atom stereocenters. The summed E-state index contributed by atoms with van der Waals surface area (Å²) in [4.78, 5) is 94.0. The predicted molar refractivity (Wildman–Crippen MR) is 153 cm³/mol.